The van der Waals surface area contributed by atoms with Crippen LogP contribution in [0.25, 0.3) is 0 Å². The first kappa shape index (κ1) is 17.5. The van der Waals surface area contributed by atoms with Crippen molar-refractivity contribution in [1.82, 2.24) is 0 Å². The van der Waals surface area contributed by atoms with Gasteiger partial charge in [0.05, 0.1) is 12.2 Å². The van der Waals surface area contributed by atoms with Gasteiger partial charge in [-0.15, -0.1) is 11.3 Å². The van der Waals surface area contributed by atoms with E-state index in [1.54, 1.807) is 11.3 Å². The molecule has 0 bridgehead atoms. The molecule has 24 heavy (non-hydrogen) atoms. The molecule has 132 valence electrons. The Hall–Kier alpha value is -1.36. The third-order valence-electron chi connectivity index (χ3n) is 5.03. The SMILES string of the molecule is CCCOC(=O)c1c(NC(=O)C2CCCCC2)sc2c1CCCC2. The number of carbonyl (C=O) groups excluding carboxylic acids is 2. The number of anilines is 1. The molecule has 0 atom stereocenters. The number of hydrogen-bond donors (Lipinski definition) is 1. The number of esters is 1. The van der Waals surface area contributed by atoms with E-state index in [2.05, 4.69) is 5.32 Å². The average molecular weight is 349 g/mol. The van der Waals surface area contributed by atoms with Crippen LogP contribution in [-0.2, 0) is 22.4 Å². The van der Waals surface area contributed by atoms with Gasteiger partial charge in [0.25, 0.3) is 0 Å². The Morgan fingerprint density at radius 2 is 1.88 bits per heavy atom. The fraction of sp³-hybridized carbons (Fsp3) is 0.684. The van der Waals surface area contributed by atoms with Crippen LogP contribution in [0.4, 0.5) is 5.00 Å². The first-order valence-corrected chi connectivity index (χ1v) is 10.1. The highest BCUT2D eigenvalue weighted by atomic mass is 32.1. The summed E-state index contributed by atoms with van der Waals surface area (Å²) in [5, 5.41) is 3.79. The van der Waals surface area contributed by atoms with Crippen LogP contribution in [0.2, 0.25) is 0 Å². The molecule has 1 N–H and O–H groups in total. The minimum absolute atomic E-state index is 0.0813. The third kappa shape index (κ3) is 3.82. The zero-order valence-electron chi connectivity index (χ0n) is 14.5. The van der Waals surface area contributed by atoms with Crippen molar-refractivity contribution in [3.63, 3.8) is 0 Å². The molecule has 0 unspecified atom stereocenters. The smallest absolute Gasteiger partial charge is 0.341 e. The third-order valence-corrected chi connectivity index (χ3v) is 6.23. The van der Waals surface area contributed by atoms with Gasteiger partial charge in [-0.1, -0.05) is 26.2 Å². The van der Waals surface area contributed by atoms with Crippen LogP contribution < -0.4 is 5.32 Å². The zero-order chi connectivity index (χ0) is 16.9. The summed E-state index contributed by atoms with van der Waals surface area (Å²) in [6.45, 7) is 2.42. The lowest BCUT2D eigenvalue weighted by molar-refractivity contribution is -0.120. The molecule has 2 aliphatic carbocycles. The Morgan fingerprint density at radius 1 is 1.12 bits per heavy atom. The number of rotatable bonds is 5. The number of aryl methyl sites for hydroxylation is 1. The maximum absolute atomic E-state index is 12.6. The summed E-state index contributed by atoms with van der Waals surface area (Å²) in [5.74, 6) is -0.0922. The van der Waals surface area contributed by atoms with Crippen molar-refractivity contribution in [2.45, 2.75) is 71.1 Å². The standard InChI is InChI=1S/C19H27NO3S/c1-2-12-23-19(22)16-14-10-6-7-11-15(14)24-18(16)20-17(21)13-8-4-3-5-9-13/h13H,2-12H2,1H3,(H,20,21). The quantitative estimate of drug-likeness (QED) is 0.783. The molecular formula is C19H27NO3S. The van der Waals surface area contributed by atoms with Crippen molar-refractivity contribution >= 4 is 28.2 Å². The minimum Gasteiger partial charge on any atom is -0.462 e. The number of amides is 1. The zero-order valence-corrected chi connectivity index (χ0v) is 15.3. The van der Waals surface area contributed by atoms with Crippen LogP contribution >= 0.6 is 11.3 Å². The Bertz CT molecular complexity index is 602. The van der Waals surface area contributed by atoms with E-state index in [0.717, 1.165) is 68.4 Å². The van der Waals surface area contributed by atoms with Crippen molar-refractivity contribution in [3.05, 3.63) is 16.0 Å². The normalized spacial score (nSPS) is 18.0. The van der Waals surface area contributed by atoms with Crippen molar-refractivity contribution in [2.75, 3.05) is 11.9 Å². The Kier molecular flexibility index (Phi) is 5.93. The Morgan fingerprint density at radius 3 is 2.62 bits per heavy atom. The number of nitrogens with one attached hydrogen (secondary N) is 1. The van der Waals surface area contributed by atoms with Gasteiger partial charge < -0.3 is 10.1 Å². The molecule has 0 radical (unpaired) electrons. The number of carbonyl (C=O) groups is 2. The summed E-state index contributed by atoms with van der Waals surface area (Å²) in [7, 11) is 0. The minimum atomic E-state index is -0.268. The van der Waals surface area contributed by atoms with Gasteiger partial charge in [-0.2, -0.15) is 0 Å². The fourth-order valence-corrected chi connectivity index (χ4v) is 5.00. The van der Waals surface area contributed by atoms with Crippen LogP contribution in [0.3, 0.4) is 0 Å². The van der Waals surface area contributed by atoms with E-state index in [9.17, 15) is 9.59 Å². The molecule has 1 saturated carbocycles. The van der Waals surface area contributed by atoms with Crippen molar-refractivity contribution in [2.24, 2.45) is 5.92 Å². The van der Waals surface area contributed by atoms with E-state index in [4.69, 9.17) is 4.74 Å². The van der Waals surface area contributed by atoms with E-state index >= 15 is 0 Å². The highest BCUT2D eigenvalue weighted by Gasteiger charge is 2.29. The first-order chi connectivity index (χ1) is 11.7. The van der Waals surface area contributed by atoms with E-state index in [0.29, 0.717) is 12.2 Å². The molecular weight excluding hydrogens is 322 g/mol. The lowest BCUT2D eigenvalue weighted by Gasteiger charge is -2.20. The molecule has 1 aromatic rings. The van der Waals surface area contributed by atoms with Crippen molar-refractivity contribution in [3.8, 4) is 0 Å². The topological polar surface area (TPSA) is 55.4 Å². The second-order valence-corrected chi connectivity index (χ2v) is 7.98. The summed E-state index contributed by atoms with van der Waals surface area (Å²) >= 11 is 1.58. The summed E-state index contributed by atoms with van der Waals surface area (Å²) in [4.78, 5) is 26.4. The molecule has 3 rings (SSSR count). The van der Waals surface area contributed by atoms with Gasteiger partial charge in [0.2, 0.25) is 5.91 Å². The van der Waals surface area contributed by atoms with E-state index < -0.39 is 0 Å². The fourth-order valence-electron chi connectivity index (χ4n) is 3.72. The molecule has 4 nitrogen and oxygen atoms in total. The molecule has 0 aromatic carbocycles. The summed E-state index contributed by atoms with van der Waals surface area (Å²) in [6.07, 6.45) is 10.4. The first-order valence-electron chi connectivity index (χ1n) is 9.33. The molecule has 1 amide bonds. The highest BCUT2D eigenvalue weighted by molar-refractivity contribution is 7.17. The molecule has 5 heteroatoms. The Labute approximate surface area is 148 Å². The van der Waals surface area contributed by atoms with Crippen LogP contribution in [-0.4, -0.2) is 18.5 Å². The average Bonchev–Trinajstić information content (AvgIpc) is 2.98. The van der Waals surface area contributed by atoms with Gasteiger partial charge in [0.1, 0.15) is 5.00 Å². The molecule has 1 fully saturated rings. The summed E-state index contributed by atoms with van der Waals surface area (Å²) < 4.78 is 5.39. The van der Waals surface area contributed by atoms with E-state index in [1.165, 1.54) is 11.3 Å². The predicted molar refractivity (Wildman–Crippen MR) is 96.7 cm³/mol. The van der Waals surface area contributed by atoms with Gasteiger partial charge in [0, 0.05) is 10.8 Å². The maximum Gasteiger partial charge on any atom is 0.341 e. The van der Waals surface area contributed by atoms with Crippen LogP contribution in [0.15, 0.2) is 0 Å². The number of thiophene rings is 1. The molecule has 2 aliphatic rings. The van der Waals surface area contributed by atoms with Crippen LogP contribution in [0.5, 0.6) is 0 Å². The van der Waals surface area contributed by atoms with Crippen LogP contribution in [0, 0.1) is 5.92 Å². The predicted octanol–water partition coefficient (Wildman–Crippen LogP) is 4.71. The van der Waals surface area contributed by atoms with Crippen LogP contribution in [0.1, 0.15) is 79.1 Å². The number of hydrogen-bond acceptors (Lipinski definition) is 4. The molecule has 0 spiro atoms. The molecule has 1 aromatic heterocycles. The summed E-state index contributed by atoms with van der Waals surface area (Å²) in [5.41, 5.74) is 1.75. The van der Waals surface area contributed by atoms with E-state index in [1.807, 2.05) is 6.92 Å². The van der Waals surface area contributed by atoms with Gasteiger partial charge in [-0.05, 0) is 50.5 Å². The number of ether oxygens (including phenoxy) is 1. The lowest BCUT2D eigenvalue weighted by atomic mass is 9.88. The van der Waals surface area contributed by atoms with E-state index in [-0.39, 0.29) is 17.8 Å². The van der Waals surface area contributed by atoms with Gasteiger partial charge in [-0.3, -0.25) is 4.79 Å². The van der Waals surface area contributed by atoms with Crippen molar-refractivity contribution < 1.29 is 14.3 Å². The summed E-state index contributed by atoms with van der Waals surface area (Å²) in [6, 6.07) is 0. The highest BCUT2D eigenvalue weighted by Crippen LogP contribution is 2.39. The molecule has 0 aliphatic heterocycles. The van der Waals surface area contributed by atoms with Gasteiger partial charge >= 0.3 is 5.97 Å². The number of fused-ring (bicyclic) bond motifs is 1. The lowest BCUT2D eigenvalue weighted by Crippen LogP contribution is -2.25. The Balaban J connectivity index is 1.81. The van der Waals surface area contributed by atoms with Gasteiger partial charge in [-0.25, -0.2) is 4.79 Å². The van der Waals surface area contributed by atoms with Crippen molar-refractivity contribution in [1.29, 1.82) is 0 Å². The second kappa shape index (κ2) is 8.15. The maximum atomic E-state index is 12.6. The second-order valence-electron chi connectivity index (χ2n) is 6.88. The monoisotopic (exact) mass is 349 g/mol. The largest absolute Gasteiger partial charge is 0.462 e. The molecule has 1 heterocycles. The molecule has 0 saturated heterocycles. The van der Waals surface area contributed by atoms with Gasteiger partial charge in [0.15, 0.2) is 0 Å².